The van der Waals surface area contributed by atoms with E-state index in [1.165, 1.54) is 0 Å². The summed E-state index contributed by atoms with van der Waals surface area (Å²) in [5, 5.41) is 0. The Bertz CT molecular complexity index is 696. The molecule has 6 heteroatoms. The second-order valence-electron chi connectivity index (χ2n) is 6.70. The summed E-state index contributed by atoms with van der Waals surface area (Å²) in [6, 6.07) is 8.41. The van der Waals surface area contributed by atoms with Crippen molar-refractivity contribution in [3.8, 4) is 6.01 Å². The quantitative estimate of drug-likeness (QED) is 0.856. The lowest BCUT2D eigenvalue weighted by molar-refractivity contribution is 0.00904. The third kappa shape index (κ3) is 3.39. The van der Waals surface area contributed by atoms with Crippen LogP contribution in [0.1, 0.15) is 24.2 Å². The van der Waals surface area contributed by atoms with Gasteiger partial charge in [0.05, 0.1) is 17.9 Å². The van der Waals surface area contributed by atoms with Crippen LogP contribution in [0.25, 0.3) is 0 Å². The number of rotatable bonds is 4. The van der Waals surface area contributed by atoms with Crippen LogP contribution in [0.4, 0.5) is 0 Å². The molecular weight excluding hydrogens is 304 g/mol. The number of nitrogens with zero attached hydrogens (tertiary/aromatic N) is 4. The Balaban J connectivity index is 1.34. The van der Waals surface area contributed by atoms with Crippen molar-refractivity contribution in [3.63, 3.8) is 0 Å². The van der Waals surface area contributed by atoms with Crippen molar-refractivity contribution in [2.24, 2.45) is 0 Å². The van der Waals surface area contributed by atoms with E-state index in [-0.39, 0.29) is 11.7 Å². The Labute approximate surface area is 141 Å². The zero-order chi connectivity index (χ0) is 16.4. The summed E-state index contributed by atoms with van der Waals surface area (Å²) < 4.78 is 12.0. The van der Waals surface area contributed by atoms with Crippen LogP contribution in [0.3, 0.4) is 0 Å². The second kappa shape index (κ2) is 6.45. The molecule has 2 fully saturated rings. The lowest BCUT2D eigenvalue weighted by atomic mass is 9.98. The van der Waals surface area contributed by atoms with Gasteiger partial charge in [0.2, 0.25) is 0 Å². The van der Waals surface area contributed by atoms with E-state index in [0.717, 1.165) is 43.9 Å². The van der Waals surface area contributed by atoms with Crippen LogP contribution in [-0.2, 0) is 11.3 Å². The predicted octanol–water partition coefficient (Wildman–Crippen LogP) is 1.99. The number of likely N-dealkylation sites (tertiary alicyclic amines) is 1. The van der Waals surface area contributed by atoms with E-state index < -0.39 is 0 Å². The van der Waals surface area contributed by atoms with Crippen LogP contribution in [0.5, 0.6) is 6.01 Å². The minimum atomic E-state index is -0.0940. The molecule has 0 N–H and O–H groups in total. The molecule has 24 heavy (non-hydrogen) atoms. The van der Waals surface area contributed by atoms with Crippen LogP contribution in [-0.4, -0.2) is 51.3 Å². The highest BCUT2D eigenvalue weighted by molar-refractivity contribution is 5.11. The maximum Gasteiger partial charge on any atom is 0.316 e. The predicted molar refractivity (Wildman–Crippen MR) is 88.6 cm³/mol. The summed E-state index contributed by atoms with van der Waals surface area (Å²) in [6.45, 7) is 5.47. The molecule has 2 aromatic rings. The zero-order valence-electron chi connectivity index (χ0n) is 13.9. The zero-order valence-corrected chi connectivity index (χ0v) is 13.9. The standard InChI is InChI=1S/C18H22N4O2/c1-14-4-2-5-15(21-14)11-22-9-6-18(13-22)10-16(12-23-18)24-17-19-7-3-8-20-17/h2-5,7-8,16H,6,9-13H2,1H3/t16-,18+/m1/s1. The van der Waals surface area contributed by atoms with Gasteiger partial charge in [0.1, 0.15) is 6.10 Å². The third-order valence-electron chi connectivity index (χ3n) is 4.72. The fourth-order valence-corrected chi connectivity index (χ4v) is 3.64. The van der Waals surface area contributed by atoms with E-state index in [1.54, 1.807) is 18.5 Å². The fourth-order valence-electron chi connectivity index (χ4n) is 3.64. The van der Waals surface area contributed by atoms with Gasteiger partial charge in [-0.3, -0.25) is 9.88 Å². The molecule has 6 nitrogen and oxygen atoms in total. The number of pyridine rings is 1. The maximum atomic E-state index is 6.14. The Morgan fingerprint density at radius 1 is 1.29 bits per heavy atom. The normalized spacial score (nSPS) is 27.0. The number of aryl methyl sites for hydroxylation is 1. The third-order valence-corrected chi connectivity index (χ3v) is 4.72. The Hall–Kier alpha value is -2.05. The van der Waals surface area contributed by atoms with Crippen molar-refractivity contribution >= 4 is 0 Å². The van der Waals surface area contributed by atoms with Gasteiger partial charge >= 0.3 is 6.01 Å². The highest BCUT2D eigenvalue weighted by atomic mass is 16.6. The molecule has 4 heterocycles. The monoisotopic (exact) mass is 326 g/mol. The van der Waals surface area contributed by atoms with Crippen molar-refractivity contribution in [2.45, 2.75) is 38.0 Å². The van der Waals surface area contributed by atoms with Crippen LogP contribution in [0, 0.1) is 6.92 Å². The van der Waals surface area contributed by atoms with E-state index in [4.69, 9.17) is 9.47 Å². The smallest absolute Gasteiger partial charge is 0.316 e. The Kier molecular flexibility index (Phi) is 4.16. The number of ether oxygens (including phenoxy) is 2. The van der Waals surface area contributed by atoms with Gasteiger partial charge in [-0.1, -0.05) is 6.07 Å². The molecule has 1 spiro atoms. The molecule has 0 aliphatic carbocycles. The molecule has 0 amide bonds. The van der Waals surface area contributed by atoms with Crippen LogP contribution in [0.15, 0.2) is 36.7 Å². The molecule has 0 unspecified atom stereocenters. The highest BCUT2D eigenvalue weighted by Crippen LogP contribution is 2.36. The first kappa shape index (κ1) is 15.5. The number of hydrogen-bond donors (Lipinski definition) is 0. The molecule has 2 aromatic heterocycles. The Morgan fingerprint density at radius 3 is 3.00 bits per heavy atom. The summed E-state index contributed by atoms with van der Waals surface area (Å²) in [7, 11) is 0. The first-order valence-corrected chi connectivity index (χ1v) is 8.43. The van der Waals surface area contributed by atoms with Gasteiger partial charge in [-0.2, -0.15) is 0 Å². The summed E-state index contributed by atoms with van der Waals surface area (Å²) in [4.78, 5) is 15.3. The van der Waals surface area contributed by atoms with Crippen molar-refractivity contribution < 1.29 is 9.47 Å². The van der Waals surface area contributed by atoms with E-state index in [9.17, 15) is 0 Å². The van der Waals surface area contributed by atoms with Crippen LogP contribution in [0.2, 0.25) is 0 Å². The topological polar surface area (TPSA) is 60.4 Å². The molecule has 0 radical (unpaired) electrons. The lowest BCUT2D eigenvalue weighted by Crippen LogP contribution is -2.33. The van der Waals surface area contributed by atoms with Gasteiger partial charge in [-0.15, -0.1) is 0 Å². The van der Waals surface area contributed by atoms with E-state index in [1.807, 2.05) is 13.0 Å². The average Bonchev–Trinajstić information content (AvgIpc) is 3.15. The van der Waals surface area contributed by atoms with Crippen molar-refractivity contribution in [1.82, 2.24) is 19.9 Å². The lowest BCUT2D eigenvalue weighted by Gasteiger charge is -2.23. The number of aromatic nitrogens is 3. The molecule has 2 aliphatic rings. The maximum absolute atomic E-state index is 6.14. The molecule has 0 saturated carbocycles. The Morgan fingerprint density at radius 2 is 2.17 bits per heavy atom. The van der Waals surface area contributed by atoms with Crippen LogP contribution < -0.4 is 4.74 Å². The summed E-state index contributed by atoms with van der Waals surface area (Å²) in [6.07, 6.45) is 5.35. The van der Waals surface area contributed by atoms with Crippen molar-refractivity contribution in [1.29, 1.82) is 0 Å². The van der Waals surface area contributed by atoms with E-state index in [2.05, 4.69) is 32.0 Å². The van der Waals surface area contributed by atoms with Gasteiger partial charge in [0.15, 0.2) is 0 Å². The summed E-state index contributed by atoms with van der Waals surface area (Å²) >= 11 is 0. The van der Waals surface area contributed by atoms with Gasteiger partial charge in [0.25, 0.3) is 0 Å². The van der Waals surface area contributed by atoms with Crippen LogP contribution >= 0.6 is 0 Å². The summed E-state index contributed by atoms with van der Waals surface area (Å²) in [5.41, 5.74) is 2.09. The van der Waals surface area contributed by atoms with E-state index >= 15 is 0 Å². The first-order valence-electron chi connectivity index (χ1n) is 8.43. The SMILES string of the molecule is Cc1cccc(CN2CC[C@]3(C[C@@H](Oc4ncccn4)CO3)C2)n1. The number of hydrogen-bond acceptors (Lipinski definition) is 6. The minimum Gasteiger partial charge on any atom is -0.458 e. The molecule has 4 rings (SSSR count). The fraction of sp³-hybridized carbons (Fsp3) is 0.500. The largest absolute Gasteiger partial charge is 0.458 e. The molecule has 126 valence electrons. The molecule has 0 aromatic carbocycles. The average molecular weight is 326 g/mol. The first-order chi connectivity index (χ1) is 11.7. The van der Waals surface area contributed by atoms with Crippen molar-refractivity contribution in [2.75, 3.05) is 19.7 Å². The summed E-state index contributed by atoms with van der Waals surface area (Å²) in [5.74, 6) is 0. The molecule has 0 bridgehead atoms. The van der Waals surface area contributed by atoms with Crippen molar-refractivity contribution in [3.05, 3.63) is 48.0 Å². The van der Waals surface area contributed by atoms with Gasteiger partial charge in [-0.05, 0) is 31.5 Å². The minimum absolute atomic E-state index is 0.0319. The van der Waals surface area contributed by atoms with Gasteiger partial charge in [-0.25, -0.2) is 9.97 Å². The highest BCUT2D eigenvalue weighted by Gasteiger charge is 2.46. The molecular formula is C18H22N4O2. The van der Waals surface area contributed by atoms with Gasteiger partial charge in [0, 0.05) is 44.1 Å². The molecule has 2 aliphatic heterocycles. The molecule has 2 saturated heterocycles. The van der Waals surface area contributed by atoms with Gasteiger partial charge < -0.3 is 9.47 Å². The second-order valence-corrected chi connectivity index (χ2v) is 6.70. The van der Waals surface area contributed by atoms with E-state index in [0.29, 0.717) is 12.6 Å². The molecule has 2 atom stereocenters.